The Morgan fingerprint density at radius 3 is 2.37 bits per heavy atom. The van der Waals surface area contributed by atoms with Crippen LogP contribution in [0, 0.1) is 5.82 Å². The molecule has 0 fully saturated rings. The van der Waals surface area contributed by atoms with Crippen molar-refractivity contribution >= 4 is 11.6 Å². The van der Waals surface area contributed by atoms with Gasteiger partial charge in [-0.3, -0.25) is 0 Å². The molecule has 1 unspecified atom stereocenters. The zero-order chi connectivity index (χ0) is 14.6. The highest BCUT2D eigenvalue weighted by Gasteiger charge is 2.35. The third-order valence-electron chi connectivity index (χ3n) is 4.25. The van der Waals surface area contributed by atoms with Crippen LogP contribution in [0.15, 0.2) is 18.2 Å². The second kappa shape index (κ2) is 6.69. The summed E-state index contributed by atoms with van der Waals surface area (Å²) in [6, 6.07) is 4.36. The molecule has 0 heterocycles. The molecule has 1 rings (SSSR count). The minimum Gasteiger partial charge on any atom is -0.326 e. The van der Waals surface area contributed by atoms with Crippen LogP contribution in [-0.4, -0.2) is 30.6 Å². The second-order valence-electron chi connectivity index (χ2n) is 5.25. The van der Waals surface area contributed by atoms with Gasteiger partial charge in [0.1, 0.15) is 5.82 Å². The number of hydrogen-bond acceptors (Lipinski definition) is 2. The van der Waals surface area contributed by atoms with E-state index < -0.39 is 0 Å². The van der Waals surface area contributed by atoms with Gasteiger partial charge >= 0.3 is 0 Å². The van der Waals surface area contributed by atoms with E-state index in [4.69, 9.17) is 17.3 Å². The molecule has 0 aliphatic carbocycles. The van der Waals surface area contributed by atoms with Crippen LogP contribution in [0.1, 0.15) is 32.3 Å². The first-order chi connectivity index (χ1) is 8.87. The molecule has 19 heavy (non-hydrogen) atoms. The molecular weight excluding hydrogens is 263 g/mol. The maximum atomic E-state index is 13.3. The Morgan fingerprint density at radius 1 is 1.32 bits per heavy atom. The number of likely N-dealkylation sites (N-methyl/N-ethyl adjacent to an activating group) is 1. The summed E-state index contributed by atoms with van der Waals surface area (Å²) in [4.78, 5) is 2.17. The molecule has 0 spiro atoms. The van der Waals surface area contributed by atoms with E-state index in [1.54, 1.807) is 6.07 Å². The molecule has 0 saturated carbocycles. The molecule has 0 bridgehead atoms. The Bertz CT molecular complexity index is 417. The molecule has 0 aliphatic rings. The summed E-state index contributed by atoms with van der Waals surface area (Å²) < 4.78 is 13.3. The number of halogens is 2. The van der Waals surface area contributed by atoms with Gasteiger partial charge in [-0.1, -0.05) is 25.4 Å². The van der Waals surface area contributed by atoms with Crippen LogP contribution >= 0.6 is 11.6 Å². The van der Waals surface area contributed by atoms with Gasteiger partial charge in [-0.2, -0.15) is 0 Å². The van der Waals surface area contributed by atoms with E-state index in [1.165, 1.54) is 12.1 Å². The summed E-state index contributed by atoms with van der Waals surface area (Å²) in [7, 11) is 4.08. The fourth-order valence-electron chi connectivity index (χ4n) is 2.87. The van der Waals surface area contributed by atoms with E-state index in [-0.39, 0.29) is 17.4 Å². The van der Waals surface area contributed by atoms with Crippen molar-refractivity contribution < 1.29 is 4.39 Å². The highest BCUT2D eigenvalue weighted by Crippen LogP contribution is 2.28. The Kier molecular flexibility index (Phi) is 5.78. The van der Waals surface area contributed by atoms with E-state index in [0.29, 0.717) is 11.4 Å². The van der Waals surface area contributed by atoms with Crippen LogP contribution in [-0.2, 0) is 6.42 Å². The van der Waals surface area contributed by atoms with Gasteiger partial charge < -0.3 is 10.6 Å². The van der Waals surface area contributed by atoms with E-state index >= 15 is 0 Å². The topological polar surface area (TPSA) is 29.3 Å². The molecular formula is C15H24ClFN2. The summed E-state index contributed by atoms with van der Waals surface area (Å²) in [5.41, 5.74) is 7.10. The van der Waals surface area contributed by atoms with Crippen LogP contribution in [0.2, 0.25) is 5.02 Å². The standard InChI is InChI=1S/C15H24ClFN2/c1-5-15(6-2,19(3)4)14(18)10-11-9-12(17)7-8-13(11)16/h7-9,14H,5-6,10,18H2,1-4H3. The summed E-state index contributed by atoms with van der Waals surface area (Å²) in [6.07, 6.45) is 2.48. The minimum absolute atomic E-state index is 0.0863. The first-order valence-electron chi connectivity index (χ1n) is 6.74. The largest absolute Gasteiger partial charge is 0.326 e. The third-order valence-corrected chi connectivity index (χ3v) is 4.62. The van der Waals surface area contributed by atoms with Gasteiger partial charge in [0.05, 0.1) is 0 Å². The molecule has 2 nitrogen and oxygen atoms in total. The molecule has 0 aliphatic heterocycles. The molecule has 0 aromatic heterocycles. The fourth-order valence-corrected chi connectivity index (χ4v) is 3.06. The predicted octanol–water partition coefficient (Wildman–Crippen LogP) is 3.47. The van der Waals surface area contributed by atoms with Crippen LogP contribution < -0.4 is 5.73 Å². The highest BCUT2D eigenvalue weighted by molar-refractivity contribution is 6.31. The number of hydrogen-bond donors (Lipinski definition) is 1. The van der Waals surface area contributed by atoms with Crippen LogP contribution in [0.3, 0.4) is 0 Å². The van der Waals surface area contributed by atoms with Crippen molar-refractivity contribution in [3.63, 3.8) is 0 Å². The average Bonchev–Trinajstić information content (AvgIpc) is 2.35. The number of nitrogens with zero attached hydrogens (tertiary/aromatic N) is 1. The summed E-state index contributed by atoms with van der Waals surface area (Å²) in [6.45, 7) is 4.27. The molecule has 1 aromatic rings. The van der Waals surface area contributed by atoms with Gasteiger partial charge in [-0.05, 0) is 57.1 Å². The SMILES string of the molecule is CCC(CC)(C(N)Cc1cc(F)ccc1Cl)N(C)C. The van der Waals surface area contributed by atoms with E-state index in [2.05, 4.69) is 18.7 Å². The average molecular weight is 287 g/mol. The Morgan fingerprint density at radius 2 is 1.89 bits per heavy atom. The maximum absolute atomic E-state index is 13.3. The molecule has 1 aromatic carbocycles. The van der Waals surface area contributed by atoms with E-state index in [1.807, 2.05) is 14.1 Å². The monoisotopic (exact) mass is 286 g/mol. The van der Waals surface area contributed by atoms with E-state index in [0.717, 1.165) is 18.4 Å². The van der Waals surface area contributed by atoms with Crippen molar-refractivity contribution in [1.29, 1.82) is 0 Å². The lowest BCUT2D eigenvalue weighted by Crippen LogP contribution is -2.57. The van der Waals surface area contributed by atoms with Gasteiger partial charge in [0.2, 0.25) is 0 Å². The number of nitrogens with two attached hydrogens (primary N) is 1. The smallest absolute Gasteiger partial charge is 0.123 e. The molecule has 4 heteroatoms. The zero-order valence-electron chi connectivity index (χ0n) is 12.2. The third kappa shape index (κ3) is 3.47. The molecule has 108 valence electrons. The van der Waals surface area contributed by atoms with Crippen molar-refractivity contribution in [2.24, 2.45) is 5.73 Å². The van der Waals surface area contributed by atoms with Gasteiger partial charge in [0, 0.05) is 16.6 Å². The van der Waals surface area contributed by atoms with Gasteiger partial charge in [0.15, 0.2) is 0 Å². The Balaban J connectivity index is 2.99. The number of rotatable bonds is 6. The summed E-state index contributed by atoms with van der Waals surface area (Å²) >= 11 is 6.12. The molecule has 0 radical (unpaired) electrons. The predicted molar refractivity (Wildman–Crippen MR) is 80.1 cm³/mol. The summed E-state index contributed by atoms with van der Waals surface area (Å²) in [5, 5.41) is 0.580. The van der Waals surface area contributed by atoms with Crippen LogP contribution in [0.25, 0.3) is 0 Å². The normalized spacial score (nSPS) is 13.9. The van der Waals surface area contributed by atoms with E-state index in [9.17, 15) is 4.39 Å². The second-order valence-corrected chi connectivity index (χ2v) is 5.66. The number of benzene rings is 1. The van der Waals surface area contributed by atoms with Gasteiger partial charge in [-0.15, -0.1) is 0 Å². The van der Waals surface area contributed by atoms with Gasteiger partial charge in [0.25, 0.3) is 0 Å². The lowest BCUT2D eigenvalue weighted by molar-refractivity contribution is 0.105. The van der Waals surface area contributed by atoms with Crippen molar-refractivity contribution in [2.75, 3.05) is 14.1 Å². The van der Waals surface area contributed by atoms with Crippen molar-refractivity contribution in [3.05, 3.63) is 34.6 Å². The van der Waals surface area contributed by atoms with Crippen LogP contribution in [0.4, 0.5) is 4.39 Å². The Hall–Kier alpha value is -0.640. The zero-order valence-corrected chi connectivity index (χ0v) is 13.0. The fraction of sp³-hybridized carbons (Fsp3) is 0.600. The maximum Gasteiger partial charge on any atom is 0.123 e. The van der Waals surface area contributed by atoms with Crippen LogP contribution in [0.5, 0.6) is 0 Å². The minimum atomic E-state index is -0.268. The quantitative estimate of drug-likeness (QED) is 0.868. The highest BCUT2D eigenvalue weighted by atomic mass is 35.5. The first kappa shape index (κ1) is 16.4. The lowest BCUT2D eigenvalue weighted by Gasteiger charge is -2.43. The van der Waals surface area contributed by atoms with Crippen molar-refractivity contribution in [2.45, 2.75) is 44.7 Å². The van der Waals surface area contributed by atoms with Crippen molar-refractivity contribution in [3.8, 4) is 0 Å². The van der Waals surface area contributed by atoms with Crippen molar-refractivity contribution in [1.82, 2.24) is 4.90 Å². The molecule has 0 amide bonds. The summed E-state index contributed by atoms with van der Waals surface area (Å²) in [5.74, 6) is -0.268. The first-order valence-corrected chi connectivity index (χ1v) is 7.12. The Labute approximate surface area is 120 Å². The molecule has 1 atom stereocenters. The van der Waals surface area contributed by atoms with Gasteiger partial charge in [-0.25, -0.2) is 4.39 Å². The molecule has 2 N–H and O–H groups in total. The molecule has 0 saturated heterocycles. The lowest BCUT2D eigenvalue weighted by atomic mass is 9.81.